The molecule has 0 aromatic heterocycles. The number of nitrogens with zero attached hydrogens (tertiary/aromatic N) is 2. The lowest BCUT2D eigenvalue weighted by Gasteiger charge is -2.47. The number of hydrogen-bond acceptors (Lipinski definition) is 3. The van der Waals surface area contributed by atoms with Crippen LogP contribution in [0.5, 0.6) is 0 Å². The van der Waals surface area contributed by atoms with Gasteiger partial charge in [-0.05, 0) is 63.4 Å². The van der Waals surface area contributed by atoms with Crippen LogP contribution in [0.3, 0.4) is 0 Å². The molecule has 5 atom stereocenters. The quantitative estimate of drug-likeness (QED) is 0.771. The Morgan fingerprint density at radius 2 is 1.96 bits per heavy atom. The van der Waals surface area contributed by atoms with Crippen LogP contribution in [-0.4, -0.2) is 61.1 Å². The van der Waals surface area contributed by atoms with Crippen molar-refractivity contribution in [3.63, 3.8) is 0 Å². The molecule has 136 valence electrons. The lowest BCUT2D eigenvalue weighted by atomic mass is 9.86. The van der Waals surface area contributed by atoms with Crippen molar-refractivity contribution in [1.82, 2.24) is 9.80 Å². The number of rotatable bonds is 3. The van der Waals surface area contributed by atoms with Crippen molar-refractivity contribution < 1.29 is 9.53 Å². The molecule has 1 heterocycles. The number of fused-ring (bicyclic) bond motifs is 1. The molecule has 0 radical (unpaired) electrons. The third-order valence-corrected chi connectivity index (χ3v) is 6.74. The highest BCUT2D eigenvalue weighted by Gasteiger charge is 2.49. The highest BCUT2D eigenvalue weighted by Crippen LogP contribution is 2.49. The molecule has 2 saturated carbocycles. The van der Waals surface area contributed by atoms with Gasteiger partial charge in [0.2, 0.25) is 5.91 Å². The lowest BCUT2D eigenvalue weighted by molar-refractivity contribution is -0.153. The average molecular weight is 407 g/mol. The first-order chi connectivity index (χ1) is 12.0. The standard InChI is InChI=1S/C20H27BrN2O2/c1-22(2)15-7-8-18-19(11-15)25-10-9-23(18)20(24)17-12-16(17)13-3-5-14(21)6-4-13/h3-6,15-19H,7-12H2,1-2H3/t15-,16-,17+,18-,19+/m1/s1. The van der Waals surface area contributed by atoms with Crippen molar-refractivity contribution >= 4 is 21.8 Å². The summed E-state index contributed by atoms with van der Waals surface area (Å²) in [5, 5.41) is 0. The van der Waals surface area contributed by atoms with Crippen molar-refractivity contribution in [1.29, 1.82) is 0 Å². The molecule has 1 saturated heterocycles. The van der Waals surface area contributed by atoms with Crippen LogP contribution in [0, 0.1) is 5.92 Å². The molecule has 1 aromatic rings. The fraction of sp³-hybridized carbons (Fsp3) is 0.650. The Morgan fingerprint density at radius 3 is 2.68 bits per heavy atom. The van der Waals surface area contributed by atoms with Crippen molar-refractivity contribution in [3.8, 4) is 0 Å². The van der Waals surface area contributed by atoms with Crippen LogP contribution in [-0.2, 0) is 9.53 Å². The predicted molar refractivity (Wildman–Crippen MR) is 102 cm³/mol. The molecule has 4 rings (SSSR count). The topological polar surface area (TPSA) is 32.8 Å². The summed E-state index contributed by atoms with van der Waals surface area (Å²) in [6.07, 6.45) is 4.47. The molecular weight excluding hydrogens is 380 g/mol. The van der Waals surface area contributed by atoms with Gasteiger partial charge in [-0.15, -0.1) is 0 Å². The number of amides is 1. The van der Waals surface area contributed by atoms with Gasteiger partial charge in [-0.2, -0.15) is 0 Å². The Balaban J connectivity index is 1.42. The van der Waals surface area contributed by atoms with Crippen molar-refractivity contribution in [2.75, 3.05) is 27.2 Å². The van der Waals surface area contributed by atoms with Gasteiger partial charge in [-0.1, -0.05) is 28.1 Å². The van der Waals surface area contributed by atoms with Gasteiger partial charge in [0.05, 0.1) is 18.8 Å². The van der Waals surface area contributed by atoms with Crippen LogP contribution < -0.4 is 0 Å². The maximum atomic E-state index is 13.1. The summed E-state index contributed by atoms with van der Waals surface area (Å²) >= 11 is 3.48. The second kappa shape index (κ2) is 7.01. The Morgan fingerprint density at radius 1 is 1.20 bits per heavy atom. The second-order valence-electron chi connectivity index (χ2n) is 7.94. The number of halogens is 1. The highest BCUT2D eigenvalue weighted by molar-refractivity contribution is 9.10. The summed E-state index contributed by atoms with van der Waals surface area (Å²) in [5.74, 6) is 0.932. The minimum atomic E-state index is 0.173. The Kier molecular flexibility index (Phi) is 4.91. The normalized spacial score (nSPS) is 34.7. The molecule has 0 unspecified atom stereocenters. The molecule has 0 N–H and O–H groups in total. The van der Waals surface area contributed by atoms with Crippen LogP contribution in [0.15, 0.2) is 28.7 Å². The number of morpholine rings is 1. The van der Waals surface area contributed by atoms with E-state index in [0.29, 0.717) is 24.5 Å². The van der Waals surface area contributed by atoms with Crippen molar-refractivity contribution in [3.05, 3.63) is 34.3 Å². The molecule has 2 aliphatic carbocycles. The molecule has 4 nitrogen and oxygen atoms in total. The van der Waals surface area contributed by atoms with Gasteiger partial charge < -0.3 is 14.5 Å². The van der Waals surface area contributed by atoms with E-state index in [1.54, 1.807) is 0 Å². The van der Waals surface area contributed by atoms with Gasteiger partial charge in [0.15, 0.2) is 0 Å². The first-order valence-electron chi connectivity index (χ1n) is 9.38. The lowest BCUT2D eigenvalue weighted by Crippen LogP contribution is -2.58. The molecule has 5 heteroatoms. The summed E-state index contributed by atoms with van der Waals surface area (Å²) in [7, 11) is 4.29. The second-order valence-corrected chi connectivity index (χ2v) is 8.85. The fourth-order valence-corrected chi connectivity index (χ4v) is 4.86. The SMILES string of the molecule is CN(C)[C@@H]1CC[C@@H]2[C@H](C1)OCCN2C(=O)[C@H]1C[C@@H]1c1ccc(Br)cc1. The molecule has 3 aliphatic rings. The van der Waals surface area contributed by atoms with E-state index in [1.807, 2.05) is 0 Å². The minimum absolute atomic E-state index is 0.173. The Labute approximate surface area is 158 Å². The Hall–Kier alpha value is -0.910. The third kappa shape index (κ3) is 3.51. The molecule has 25 heavy (non-hydrogen) atoms. The van der Waals surface area contributed by atoms with Gasteiger partial charge in [-0.25, -0.2) is 0 Å². The van der Waals surface area contributed by atoms with E-state index >= 15 is 0 Å². The summed E-state index contributed by atoms with van der Waals surface area (Å²) < 4.78 is 7.13. The van der Waals surface area contributed by atoms with Crippen LogP contribution in [0.25, 0.3) is 0 Å². The zero-order valence-electron chi connectivity index (χ0n) is 15.0. The van der Waals surface area contributed by atoms with Gasteiger partial charge in [0, 0.05) is 23.0 Å². The number of benzene rings is 1. The molecule has 1 aromatic carbocycles. The summed E-state index contributed by atoms with van der Waals surface area (Å²) in [6.45, 7) is 1.44. The minimum Gasteiger partial charge on any atom is -0.374 e. The van der Waals surface area contributed by atoms with Crippen LogP contribution in [0.2, 0.25) is 0 Å². The van der Waals surface area contributed by atoms with Crippen molar-refractivity contribution in [2.24, 2.45) is 5.92 Å². The monoisotopic (exact) mass is 406 g/mol. The summed E-state index contributed by atoms with van der Waals surface area (Å²) in [6, 6.07) is 9.29. The number of hydrogen-bond donors (Lipinski definition) is 0. The van der Waals surface area contributed by atoms with E-state index in [1.165, 1.54) is 5.56 Å². The van der Waals surface area contributed by atoms with E-state index in [-0.39, 0.29) is 18.1 Å². The van der Waals surface area contributed by atoms with Crippen molar-refractivity contribution in [2.45, 2.75) is 49.8 Å². The maximum absolute atomic E-state index is 13.1. The molecule has 1 aliphatic heterocycles. The first-order valence-corrected chi connectivity index (χ1v) is 10.2. The summed E-state index contributed by atoms with van der Waals surface area (Å²) in [5.41, 5.74) is 1.29. The molecule has 3 fully saturated rings. The molecule has 0 spiro atoms. The zero-order valence-corrected chi connectivity index (χ0v) is 16.6. The van der Waals surface area contributed by atoms with Gasteiger partial charge in [0.25, 0.3) is 0 Å². The average Bonchev–Trinajstić information content (AvgIpc) is 3.41. The molecule has 0 bridgehead atoms. The van der Waals surface area contributed by atoms with E-state index in [0.717, 1.165) is 36.7 Å². The summed E-state index contributed by atoms with van der Waals surface area (Å²) in [4.78, 5) is 17.6. The van der Waals surface area contributed by atoms with E-state index in [9.17, 15) is 4.79 Å². The van der Waals surface area contributed by atoms with Crippen LogP contribution in [0.4, 0.5) is 0 Å². The molecule has 1 amide bonds. The Bertz CT molecular complexity index is 633. The number of ether oxygens (including phenoxy) is 1. The maximum Gasteiger partial charge on any atom is 0.226 e. The predicted octanol–water partition coefficient (Wildman–Crippen LogP) is 3.26. The number of carbonyl (C=O) groups excluding carboxylic acids is 1. The van der Waals surface area contributed by atoms with Crippen LogP contribution in [0.1, 0.15) is 37.2 Å². The van der Waals surface area contributed by atoms with E-state index in [4.69, 9.17) is 4.74 Å². The first kappa shape index (κ1) is 17.5. The zero-order chi connectivity index (χ0) is 17.6. The third-order valence-electron chi connectivity index (χ3n) is 6.21. The van der Waals surface area contributed by atoms with Gasteiger partial charge >= 0.3 is 0 Å². The van der Waals surface area contributed by atoms with Crippen LogP contribution >= 0.6 is 15.9 Å². The molecular formula is C20H27BrN2O2. The van der Waals surface area contributed by atoms with E-state index < -0.39 is 0 Å². The van der Waals surface area contributed by atoms with Gasteiger partial charge in [-0.3, -0.25) is 4.79 Å². The van der Waals surface area contributed by atoms with E-state index in [2.05, 4.69) is 64.1 Å². The smallest absolute Gasteiger partial charge is 0.226 e. The number of carbonyl (C=O) groups is 1. The van der Waals surface area contributed by atoms with Gasteiger partial charge in [0.1, 0.15) is 0 Å². The fourth-order valence-electron chi connectivity index (χ4n) is 4.60. The largest absolute Gasteiger partial charge is 0.374 e. The highest BCUT2D eigenvalue weighted by atomic mass is 79.9.